The highest BCUT2D eigenvalue weighted by molar-refractivity contribution is 7.80. The first-order valence-electron chi connectivity index (χ1n) is 8.61. The highest BCUT2D eigenvalue weighted by Crippen LogP contribution is 2.38. The number of hydrogen-bond donors (Lipinski definition) is 2. The number of fused-ring (bicyclic) bond motifs is 1. The molecular formula is C20H18N2O4S. The van der Waals surface area contributed by atoms with E-state index in [9.17, 15) is 4.79 Å². The second-order valence-electron chi connectivity index (χ2n) is 6.02. The molecule has 4 rings (SSSR count). The van der Waals surface area contributed by atoms with Gasteiger partial charge in [0.25, 0.3) is 0 Å². The fourth-order valence-corrected chi connectivity index (χ4v) is 3.39. The van der Waals surface area contributed by atoms with Gasteiger partial charge in [-0.1, -0.05) is 36.4 Å². The number of thiocarbonyl (C=S) groups is 1. The lowest BCUT2D eigenvalue weighted by Gasteiger charge is -2.31. The molecule has 0 bridgehead atoms. The average molecular weight is 382 g/mol. The molecule has 7 heteroatoms. The highest BCUT2D eigenvalue weighted by Gasteiger charge is 2.33. The van der Waals surface area contributed by atoms with Gasteiger partial charge in [0.1, 0.15) is 0 Å². The third-order valence-electron chi connectivity index (χ3n) is 4.36. The summed E-state index contributed by atoms with van der Waals surface area (Å²) in [6.45, 7) is 2.25. The van der Waals surface area contributed by atoms with Crippen LogP contribution in [0.1, 0.15) is 24.1 Å². The van der Waals surface area contributed by atoms with Crippen molar-refractivity contribution < 1.29 is 19.0 Å². The Morgan fingerprint density at radius 3 is 2.74 bits per heavy atom. The molecule has 6 nitrogen and oxygen atoms in total. The van der Waals surface area contributed by atoms with Gasteiger partial charge in [0.05, 0.1) is 23.9 Å². The van der Waals surface area contributed by atoms with E-state index in [0.29, 0.717) is 27.9 Å². The molecule has 2 aliphatic heterocycles. The van der Waals surface area contributed by atoms with Crippen molar-refractivity contribution in [3.05, 3.63) is 65.2 Å². The summed E-state index contributed by atoms with van der Waals surface area (Å²) < 4.78 is 16.2. The molecule has 2 aromatic carbocycles. The van der Waals surface area contributed by atoms with Crippen LogP contribution in [0.3, 0.4) is 0 Å². The van der Waals surface area contributed by atoms with Crippen LogP contribution in [-0.2, 0) is 9.53 Å². The first-order chi connectivity index (χ1) is 13.2. The average Bonchev–Trinajstić information content (AvgIpc) is 3.16. The van der Waals surface area contributed by atoms with Crippen LogP contribution in [0.25, 0.3) is 5.70 Å². The Labute approximate surface area is 162 Å². The van der Waals surface area contributed by atoms with Crippen molar-refractivity contribution in [3.63, 3.8) is 0 Å². The van der Waals surface area contributed by atoms with Crippen molar-refractivity contribution in [1.29, 1.82) is 0 Å². The Bertz CT molecular complexity index is 927. The predicted molar refractivity (Wildman–Crippen MR) is 104 cm³/mol. The summed E-state index contributed by atoms with van der Waals surface area (Å²) >= 11 is 5.40. The first-order valence-corrected chi connectivity index (χ1v) is 9.02. The fraction of sp³-hybridized carbons (Fsp3) is 0.200. The van der Waals surface area contributed by atoms with E-state index in [1.807, 2.05) is 48.5 Å². The molecule has 0 amide bonds. The molecular weight excluding hydrogens is 364 g/mol. The van der Waals surface area contributed by atoms with Gasteiger partial charge in [-0.05, 0) is 42.4 Å². The predicted octanol–water partition coefficient (Wildman–Crippen LogP) is 2.91. The molecule has 0 unspecified atom stereocenters. The molecule has 27 heavy (non-hydrogen) atoms. The molecule has 0 saturated carbocycles. The second-order valence-corrected chi connectivity index (χ2v) is 6.43. The molecule has 0 aliphatic carbocycles. The van der Waals surface area contributed by atoms with Crippen molar-refractivity contribution in [2.24, 2.45) is 0 Å². The zero-order valence-electron chi connectivity index (χ0n) is 14.7. The standard InChI is InChI=1S/C20H18N2O4S/c1-2-24-19(23)16-17(12-6-4-3-5-7-12)21-20(27)22-18(16)13-8-9-14-15(10-13)26-11-25-14/h3-10,18H,2,11H2,1H3,(H2,21,22,27)/t18-/m0/s1. The summed E-state index contributed by atoms with van der Waals surface area (Å²) in [6, 6.07) is 14.7. The third kappa shape index (κ3) is 3.33. The number of carbonyl (C=O) groups excluding carboxylic acids is 1. The number of ether oxygens (including phenoxy) is 3. The Kier molecular flexibility index (Phi) is 4.68. The van der Waals surface area contributed by atoms with E-state index in [1.54, 1.807) is 6.92 Å². The van der Waals surface area contributed by atoms with Crippen molar-refractivity contribution in [3.8, 4) is 11.5 Å². The van der Waals surface area contributed by atoms with Crippen LogP contribution < -0.4 is 20.1 Å². The summed E-state index contributed by atoms with van der Waals surface area (Å²) in [5, 5.41) is 6.73. The second kappa shape index (κ2) is 7.28. The van der Waals surface area contributed by atoms with E-state index in [2.05, 4.69) is 10.6 Å². The van der Waals surface area contributed by atoms with Crippen LogP contribution >= 0.6 is 12.2 Å². The van der Waals surface area contributed by atoms with E-state index < -0.39 is 12.0 Å². The molecule has 2 heterocycles. The van der Waals surface area contributed by atoms with Gasteiger partial charge in [-0.25, -0.2) is 4.79 Å². The highest BCUT2D eigenvalue weighted by atomic mass is 32.1. The molecule has 0 radical (unpaired) electrons. The normalized spacial score (nSPS) is 18.0. The van der Waals surface area contributed by atoms with Gasteiger partial charge in [-0.3, -0.25) is 0 Å². The molecule has 0 fully saturated rings. The van der Waals surface area contributed by atoms with E-state index in [4.69, 9.17) is 26.4 Å². The van der Waals surface area contributed by atoms with Gasteiger partial charge in [0, 0.05) is 0 Å². The fourth-order valence-electron chi connectivity index (χ4n) is 3.17. The summed E-state index contributed by atoms with van der Waals surface area (Å²) in [5.41, 5.74) is 2.80. The zero-order valence-corrected chi connectivity index (χ0v) is 15.5. The Morgan fingerprint density at radius 1 is 1.19 bits per heavy atom. The zero-order chi connectivity index (χ0) is 18.8. The lowest BCUT2D eigenvalue weighted by molar-refractivity contribution is -0.138. The van der Waals surface area contributed by atoms with Gasteiger partial charge in [-0.15, -0.1) is 0 Å². The summed E-state index contributed by atoms with van der Waals surface area (Å²) in [5.74, 6) is 0.921. The van der Waals surface area contributed by atoms with E-state index in [-0.39, 0.29) is 13.4 Å². The largest absolute Gasteiger partial charge is 0.463 e. The number of hydrogen-bond acceptors (Lipinski definition) is 5. The molecule has 138 valence electrons. The van der Waals surface area contributed by atoms with Gasteiger partial charge in [0.15, 0.2) is 16.6 Å². The molecule has 2 aliphatic rings. The van der Waals surface area contributed by atoms with Gasteiger partial charge < -0.3 is 24.8 Å². The summed E-state index contributed by atoms with van der Waals surface area (Å²) in [6.07, 6.45) is 0. The Hall–Kier alpha value is -3.06. The van der Waals surface area contributed by atoms with Crippen molar-refractivity contribution in [2.45, 2.75) is 13.0 Å². The van der Waals surface area contributed by atoms with Crippen LogP contribution in [0, 0.1) is 0 Å². The van der Waals surface area contributed by atoms with Crippen LogP contribution in [0.2, 0.25) is 0 Å². The topological polar surface area (TPSA) is 68.8 Å². The SMILES string of the molecule is CCOC(=O)C1=C(c2ccccc2)NC(=S)N[C@H]1c1ccc2c(c1)OCO2. The van der Waals surface area contributed by atoms with E-state index in [0.717, 1.165) is 11.1 Å². The molecule has 2 N–H and O–H groups in total. The smallest absolute Gasteiger partial charge is 0.338 e. The van der Waals surface area contributed by atoms with E-state index >= 15 is 0 Å². The van der Waals surface area contributed by atoms with Crippen LogP contribution in [0.5, 0.6) is 11.5 Å². The first kappa shape index (κ1) is 17.4. The van der Waals surface area contributed by atoms with Crippen molar-refractivity contribution in [1.82, 2.24) is 10.6 Å². The quantitative estimate of drug-likeness (QED) is 0.622. The number of rotatable bonds is 4. The van der Waals surface area contributed by atoms with Crippen LogP contribution in [-0.4, -0.2) is 24.5 Å². The molecule has 0 aromatic heterocycles. The monoisotopic (exact) mass is 382 g/mol. The minimum absolute atomic E-state index is 0.187. The van der Waals surface area contributed by atoms with Crippen molar-refractivity contribution >= 4 is 29.0 Å². The number of nitrogens with one attached hydrogen (secondary N) is 2. The number of benzene rings is 2. The van der Waals surface area contributed by atoms with Gasteiger partial charge in [0.2, 0.25) is 6.79 Å². The van der Waals surface area contributed by atoms with E-state index in [1.165, 1.54) is 0 Å². The lowest BCUT2D eigenvalue weighted by atomic mass is 9.92. The number of esters is 1. The maximum absolute atomic E-state index is 12.8. The Morgan fingerprint density at radius 2 is 1.96 bits per heavy atom. The molecule has 0 saturated heterocycles. The molecule has 0 spiro atoms. The minimum atomic E-state index is -0.470. The van der Waals surface area contributed by atoms with Gasteiger partial charge in [-0.2, -0.15) is 0 Å². The maximum Gasteiger partial charge on any atom is 0.338 e. The van der Waals surface area contributed by atoms with Gasteiger partial charge >= 0.3 is 5.97 Å². The van der Waals surface area contributed by atoms with Crippen LogP contribution in [0.15, 0.2) is 54.1 Å². The molecule has 2 aromatic rings. The molecule has 1 atom stereocenters. The van der Waals surface area contributed by atoms with Crippen LogP contribution in [0.4, 0.5) is 0 Å². The minimum Gasteiger partial charge on any atom is -0.463 e. The Balaban J connectivity index is 1.85. The summed E-state index contributed by atoms with van der Waals surface area (Å²) in [4.78, 5) is 12.8. The summed E-state index contributed by atoms with van der Waals surface area (Å²) in [7, 11) is 0. The van der Waals surface area contributed by atoms with Crippen molar-refractivity contribution in [2.75, 3.05) is 13.4 Å². The number of carbonyl (C=O) groups is 1. The third-order valence-corrected chi connectivity index (χ3v) is 4.58. The maximum atomic E-state index is 12.8. The lowest BCUT2D eigenvalue weighted by Crippen LogP contribution is -2.45.